The Morgan fingerprint density at radius 3 is 2.52 bits per heavy atom. The molecule has 1 aromatic heterocycles. The number of nitrogens with one attached hydrogen (secondary N) is 2. The van der Waals surface area contributed by atoms with E-state index in [0.29, 0.717) is 5.13 Å². The molecule has 2 aromatic rings. The number of amides is 2. The van der Waals surface area contributed by atoms with Crippen LogP contribution in [-0.2, 0) is 15.3 Å². The van der Waals surface area contributed by atoms with Crippen molar-refractivity contribution in [3.8, 4) is 0 Å². The Balaban J connectivity index is 1.85. The van der Waals surface area contributed by atoms with E-state index in [9.17, 15) is 9.59 Å². The lowest BCUT2D eigenvalue weighted by atomic mass is 9.95. The fourth-order valence-corrected chi connectivity index (χ4v) is 3.44. The van der Waals surface area contributed by atoms with Crippen molar-refractivity contribution in [3.05, 3.63) is 35.9 Å². The van der Waals surface area contributed by atoms with Crippen LogP contribution in [0, 0.1) is 5.41 Å². The van der Waals surface area contributed by atoms with E-state index in [4.69, 9.17) is 0 Å². The van der Waals surface area contributed by atoms with Crippen molar-refractivity contribution in [2.45, 2.75) is 43.8 Å². The maximum Gasteiger partial charge on any atom is 0.248 e. The number of hydrogen-bond donors (Lipinski definition) is 2. The second kappa shape index (κ2) is 8.44. The number of thioether (sulfide) groups is 1. The number of anilines is 1. The minimum atomic E-state index is -0.643. The van der Waals surface area contributed by atoms with Gasteiger partial charge in [0.05, 0.1) is 0 Å². The summed E-state index contributed by atoms with van der Waals surface area (Å²) >= 11 is 2.89. The molecule has 0 radical (unpaired) electrons. The van der Waals surface area contributed by atoms with Gasteiger partial charge in [0.25, 0.3) is 0 Å². The summed E-state index contributed by atoms with van der Waals surface area (Å²) in [6.45, 7) is 7.04. The first-order chi connectivity index (χ1) is 11.8. The zero-order valence-corrected chi connectivity index (χ0v) is 16.3. The summed E-state index contributed by atoms with van der Waals surface area (Å²) in [4.78, 5) is 24.1. The molecule has 6 nitrogen and oxygen atoms in total. The molecule has 0 saturated carbocycles. The first-order valence-electron chi connectivity index (χ1n) is 7.88. The predicted molar refractivity (Wildman–Crippen MR) is 102 cm³/mol. The quantitative estimate of drug-likeness (QED) is 0.595. The molecule has 0 aliphatic heterocycles. The first-order valence-corrected chi connectivity index (χ1v) is 9.68. The van der Waals surface area contributed by atoms with Gasteiger partial charge in [-0.15, -0.1) is 10.2 Å². The standard InChI is InChI=1S/C17H22N4O2S2/c1-11(18-14(23)17(2,3)4)13(22)19-15-20-21-16(25-15)24-10-12-8-6-5-7-9-12/h5-9,11H,10H2,1-4H3,(H,18,23)(H,19,20,22). The van der Waals surface area contributed by atoms with Gasteiger partial charge in [-0.25, -0.2) is 0 Å². The molecule has 1 atom stereocenters. The van der Waals surface area contributed by atoms with Crippen LogP contribution >= 0.6 is 23.1 Å². The highest BCUT2D eigenvalue weighted by molar-refractivity contribution is 8.00. The maximum absolute atomic E-state index is 12.2. The summed E-state index contributed by atoms with van der Waals surface area (Å²) in [7, 11) is 0. The number of carbonyl (C=O) groups is 2. The molecule has 2 rings (SSSR count). The highest BCUT2D eigenvalue weighted by atomic mass is 32.2. The molecule has 2 N–H and O–H groups in total. The molecule has 1 unspecified atom stereocenters. The van der Waals surface area contributed by atoms with Crippen LogP contribution < -0.4 is 10.6 Å². The number of aromatic nitrogens is 2. The summed E-state index contributed by atoms with van der Waals surface area (Å²) in [6.07, 6.45) is 0. The fraction of sp³-hybridized carbons (Fsp3) is 0.412. The summed E-state index contributed by atoms with van der Waals surface area (Å²) in [5.74, 6) is 0.307. The smallest absolute Gasteiger partial charge is 0.248 e. The number of rotatable bonds is 6. The van der Waals surface area contributed by atoms with E-state index in [0.717, 1.165) is 10.1 Å². The van der Waals surface area contributed by atoms with Crippen molar-refractivity contribution >= 4 is 40.0 Å². The molecule has 1 aromatic carbocycles. The molecule has 8 heteroatoms. The molecule has 134 valence electrons. The Kier molecular flexibility index (Phi) is 6.55. The molecular weight excluding hydrogens is 356 g/mol. The van der Waals surface area contributed by atoms with Crippen LogP contribution in [-0.4, -0.2) is 28.1 Å². The summed E-state index contributed by atoms with van der Waals surface area (Å²) in [5.41, 5.74) is 0.658. The minimum Gasteiger partial charge on any atom is -0.344 e. The van der Waals surface area contributed by atoms with Crippen LogP contribution in [0.15, 0.2) is 34.7 Å². The first kappa shape index (κ1) is 19.4. The Labute approximate surface area is 155 Å². The van der Waals surface area contributed by atoms with E-state index in [2.05, 4.69) is 33.0 Å². The second-order valence-corrected chi connectivity index (χ2v) is 8.78. The third-order valence-corrected chi connectivity index (χ3v) is 5.31. The van der Waals surface area contributed by atoms with Gasteiger partial charge >= 0.3 is 0 Å². The predicted octanol–water partition coefficient (Wildman–Crippen LogP) is 3.32. The molecule has 0 spiro atoms. The van der Waals surface area contributed by atoms with Crippen LogP contribution in [0.3, 0.4) is 0 Å². The lowest BCUT2D eigenvalue weighted by Crippen LogP contribution is -2.46. The highest BCUT2D eigenvalue weighted by Crippen LogP contribution is 2.28. The number of nitrogens with zero attached hydrogens (tertiary/aromatic N) is 2. The van der Waals surface area contributed by atoms with Crippen LogP contribution in [0.5, 0.6) is 0 Å². The van der Waals surface area contributed by atoms with E-state index < -0.39 is 11.5 Å². The zero-order valence-electron chi connectivity index (χ0n) is 14.7. The van der Waals surface area contributed by atoms with Gasteiger partial charge in [0, 0.05) is 11.2 Å². The van der Waals surface area contributed by atoms with Crippen LogP contribution in [0.2, 0.25) is 0 Å². The average molecular weight is 379 g/mol. The Morgan fingerprint density at radius 2 is 1.88 bits per heavy atom. The van der Waals surface area contributed by atoms with Crippen molar-refractivity contribution < 1.29 is 9.59 Å². The molecule has 0 aliphatic rings. The van der Waals surface area contributed by atoms with Crippen molar-refractivity contribution in [2.75, 3.05) is 5.32 Å². The lowest BCUT2D eigenvalue weighted by molar-refractivity contribution is -0.131. The molecule has 1 heterocycles. The Bertz CT molecular complexity index is 726. The summed E-state index contributed by atoms with van der Waals surface area (Å²) in [6, 6.07) is 9.43. The molecule has 25 heavy (non-hydrogen) atoms. The molecule has 2 amide bonds. The van der Waals surface area contributed by atoms with E-state index in [1.165, 1.54) is 16.9 Å². The number of carbonyl (C=O) groups excluding carboxylic acids is 2. The summed E-state index contributed by atoms with van der Waals surface area (Å²) in [5, 5.41) is 13.9. The van der Waals surface area contributed by atoms with Crippen LogP contribution in [0.1, 0.15) is 33.3 Å². The normalized spacial score (nSPS) is 12.5. The summed E-state index contributed by atoms with van der Waals surface area (Å²) < 4.78 is 0.783. The number of hydrogen-bond acceptors (Lipinski definition) is 6. The minimum absolute atomic E-state index is 0.175. The monoisotopic (exact) mass is 378 g/mol. The van der Waals surface area contributed by atoms with Gasteiger partial charge < -0.3 is 5.32 Å². The topological polar surface area (TPSA) is 84.0 Å². The number of benzene rings is 1. The Morgan fingerprint density at radius 1 is 1.20 bits per heavy atom. The lowest BCUT2D eigenvalue weighted by Gasteiger charge is -2.20. The molecule has 0 saturated heterocycles. The molecule has 0 bridgehead atoms. The molecular formula is C17H22N4O2S2. The van der Waals surface area contributed by atoms with Gasteiger partial charge in [-0.1, -0.05) is 74.2 Å². The largest absolute Gasteiger partial charge is 0.344 e. The molecule has 0 fully saturated rings. The third-order valence-electron chi connectivity index (χ3n) is 3.26. The zero-order chi connectivity index (χ0) is 18.4. The van der Waals surface area contributed by atoms with Gasteiger partial charge in [-0.3, -0.25) is 14.9 Å². The Hall–Kier alpha value is -1.93. The van der Waals surface area contributed by atoms with Gasteiger partial charge in [-0.2, -0.15) is 0 Å². The van der Waals surface area contributed by atoms with Gasteiger partial charge in [0.2, 0.25) is 16.9 Å². The second-order valence-electron chi connectivity index (χ2n) is 6.58. The van der Waals surface area contributed by atoms with E-state index in [-0.39, 0.29) is 11.8 Å². The van der Waals surface area contributed by atoms with Gasteiger partial charge in [-0.05, 0) is 12.5 Å². The van der Waals surface area contributed by atoms with Crippen molar-refractivity contribution in [1.29, 1.82) is 0 Å². The maximum atomic E-state index is 12.2. The molecule has 0 aliphatic carbocycles. The van der Waals surface area contributed by atoms with E-state index >= 15 is 0 Å². The van der Waals surface area contributed by atoms with E-state index in [1.807, 2.05) is 18.2 Å². The van der Waals surface area contributed by atoms with Crippen molar-refractivity contribution in [1.82, 2.24) is 15.5 Å². The van der Waals surface area contributed by atoms with Crippen molar-refractivity contribution in [3.63, 3.8) is 0 Å². The van der Waals surface area contributed by atoms with Crippen LogP contribution in [0.4, 0.5) is 5.13 Å². The van der Waals surface area contributed by atoms with Crippen molar-refractivity contribution in [2.24, 2.45) is 5.41 Å². The fourth-order valence-electron chi connectivity index (χ4n) is 1.73. The van der Waals surface area contributed by atoms with Crippen LogP contribution in [0.25, 0.3) is 0 Å². The third kappa shape index (κ3) is 6.13. The van der Waals surface area contributed by atoms with Gasteiger partial charge in [0.1, 0.15) is 6.04 Å². The SMILES string of the molecule is CC(NC(=O)C(C)(C)C)C(=O)Nc1nnc(SCc2ccccc2)s1. The average Bonchev–Trinajstić information content (AvgIpc) is 3.00. The van der Waals surface area contributed by atoms with E-state index in [1.54, 1.807) is 39.5 Å². The van der Waals surface area contributed by atoms with Gasteiger partial charge in [0.15, 0.2) is 4.34 Å². The highest BCUT2D eigenvalue weighted by Gasteiger charge is 2.25.